The molecule has 98 valence electrons. The molecular weight excluding hydrogens is 247 g/mol. The molecule has 0 aliphatic carbocycles. The minimum atomic E-state index is -0.293. The van der Waals surface area contributed by atoms with Crippen LogP contribution in [0.5, 0.6) is 0 Å². The SMILES string of the molecule is CN[C@H]1CNC(=O)c2cc(-c3ccc(F)cc3)nn21. The maximum Gasteiger partial charge on any atom is 0.269 e. The van der Waals surface area contributed by atoms with Crippen molar-refractivity contribution in [3.8, 4) is 11.3 Å². The van der Waals surface area contributed by atoms with Gasteiger partial charge in [0.05, 0.1) is 12.2 Å². The molecule has 6 heteroatoms. The molecule has 2 heterocycles. The van der Waals surface area contributed by atoms with Gasteiger partial charge < -0.3 is 5.32 Å². The molecule has 1 atom stereocenters. The van der Waals surface area contributed by atoms with Gasteiger partial charge in [0.1, 0.15) is 17.7 Å². The van der Waals surface area contributed by atoms with Crippen LogP contribution >= 0.6 is 0 Å². The molecule has 1 aromatic heterocycles. The Kier molecular flexibility index (Phi) is 2.79. The standard InChI is InChI=1S/C13H13FN4O/c1-15-12-7-16-13(19)11-6-10(17-18(11)12)8-2-4-9(14)5-3-8/h2-6,12,15H,7H2,1H3,(H,16,19)/t12-/m1/s1. The van der Waals surface area contributed by atoms with Gasteiger partial charge in [-0.25, -0.2) is 9.07 Å². The quantitative estimate of drug-likeness (QED) is 0.851. The number of benzene rings is 1. The van der Waals surface area contributed by atoms with E-state index in [1.54, 1.807) is 22.9 Å². The molecule has 2 aromatic rings. The number of rotatable bonds is 2. The van der Waals surface area contributed by atoms with Crippen molar-refractivity contribution < 1.29 is 9.18 Å². The Morgan fingerprint density at radius 1 is 1.42 bits per heavy atom. The van der Waals surface area contributed by atoms with E-state index in [1.165, 1.54) is 12.1 Å². The monoisotopic (exact) mass is 260 g/mol. The second-order valence-electron chi connectivity index (χ2n) is 4.38. The number of nitrogens with one attached hydrogen (secondary N) is 2. The number of carbonyl (C=O) groups is 1. The summed E-state index contributed by atoms with van der Waals surface area (Å²) < 4.78 is 14.6. The number of carbonyl (C=O) groups excluding carboxylic acids is 1. The molecule has 19 heavy (non-hydrogen) atoms. The Balaban J connectivity index is 2.05. The molecule has 0 saturated heterocycles. The van der Waals surface area contributed by atoms with E-state index >= 15 is 0 Å². The normalized spacial score (nSPS) is 18.0. The number of fused-ring (bicyclic) bond motifs is 1. The zero-order valence-corrected chi connectivity index (χ0v) is 10.4. The van der Waals surface area contributed by atoms with Crippen LogP contribution in [0.15, 0.2) is 30.3 Å². The van der Waals surface area contributed by atoms with E-state index in [4.69, 9.17) is 0 Å². The zero-order chi connectivity index (χ0) is 13.4. The lowest BCUT2D eigenvalue weighted by Gasteiger charge is -2.23. The van der Waals surface area contributed by atoms with Crippen LogP contribution in [0, 0.1) is 5.82 Å². The molecule has 1 aliphatic rings. The molecule has 0 spiro atoms. The maximum atomic E-state index is 12.9. The molecule has 0 radical (unpaired) electrons. The highest BCUT2D eigenvalue weighted by Gasteiger charge is 2.26. The smallest absolute Gasteiger partial charge is 0.269 e. The van der Waals surface area contributed by atoms with Crippen molar-refractivity contribution in [3.05, 3.63) is 41.8 Å². The van der Waals surface area contributed by atoms with Gasteiger partial charge in [-0.2, -0.15) is 5.10 Å². The van der Waals surface area contributed by atoms with E-state index in [1.807, 2.05) is 7.05 Å². The van der Waals surface area contributed by atoms with E-state index in [-0.39, 0.29) is 17.9 Å². The van der Waals surface area contributed by atoms with Crippen LogP contribution in [0.2, 0.25) is 0 Å². The van der Waals surface area contributed by atoms with Gasteiger partial charge in [-0.3, -0.25) is 10.1 Å². The van der Waals surface area contributed by atoms with Crippen LogP contribution in [-0.2, 0) is 0 Å². The average molecular weight is 260 g/mol. The largest absolute Gasteiger partial charge is 0.347 e. The van der Waals surface area contributed by atoms with Gasteiger partial charge in [0, 0.05) is 5.56 Å². The van der Waals surface area contributed by atoms with Gasteiger partial charge in [-0.1, -0.05) is 0 Å². The van der Waals surface area contributed by atoms with Crippen LogP contribution in [-0.4, -0.2) is 29.3 Å². The van der Waals surface area contributed by atoms with Crippen LogP contribution < -0.4 is 10.6 Å². The average Bonchev–Trinajstić information content (AvgIpc) is 2.86. The van der Waals surface area contributed by atoms with E-state index in [9.17, 15) is 9.18 Å². The van der Waals surface area contributed by atoms with Crippen molar-refractivity contribution in [3.63, 3.8) is 0 Å². The summed E-state index contributed by atoms with van der Waals surface area (Å²) in [6.45, 7) is 0.493. The molecule has 0 fully saturated rings. The van der Waals surface area contributed by atoms with Crippen LogP contribution in [0.1, 0.15) is 16.7 Å². The molecule has 5 nitrogen and oxygen atoms in total. The fraction of sp³-hybridized carbons (Fsp3) is 0.231. The van der Waals surface area contributed by atoms with Crippen LogP contribution in [0.25, 0.3) is 11.3 Å². The number of hydrogen-bond acceptors (Lipinski definition) is 3. The van der Waals surface area contributed by atoms with Crippen molar-refractivity contribution in [2.75, 3.05) is 13.6 Å². The zero-order valence-electron chi connectivity index (χ0n) is 10.4. The van der Waals surface area contributed by atoms with Crippen molar-refractivity contribution in [2.24, 2.45) is 0 Å². The molecule has 0 saturated carbocycles. The highest BCUT2D eigenvalue weighted by molar-refractivity contribution is 5.94. The van der Waals surface area contributed by atoms with E-state index in [0.29, 0.717) is 17.9 Å². The van der Waals surface area contributed by atoms with Crippen molar-refractivity contribution in [1.82, 2.24) is 20.4 Å². The highest BCUT2D eigenvalue weighted by Crippen LogP contribution is 2.22. The number of likely N-dealkylation sites (N-methyl/N-ethyl adjacent to an activating group) is 1. The fourth-order valence-electron chi connectivity index (χ4n) is 2.15. The molecule has 3 rings (SSSR count). The number of hydrogen-bond donors (Lipinski definition) is 2. The second-order valence-corrected chi connectivity index (χ2v) is 4.38. The van der Waals surface area contributed by atoms with Gasteiger partial charge in [-0.15, -0.1) is 0 Å². The Morgan fingerprint density at radius 3 is 2.84 bits per heavy atom. The summed E-state index contributed by atoms with van der Waals surface area (Å²) in [5.74, 6) is -0.439. The Labute approximate surface area is 109 Å². The number of halogens is 1. The molecule has 1 aromatic carbocycles. The molecule has 1 amide bonds. The molecule has 2 N–H and O–H groups in total. The van der Waals surface area contributed by atoms with Crippen molar-refractivity contribution in [1.29, 1.82) is 0 Å². The summed E-state index contributed by atoms with van der Waals surface area (Å²) in [6, 6.07) is 7.77. The lowest BCUT2D eigenvalue weighted by molar-refractivity contribution is 0.0903. The first-order valence-corrected chi connectivity index (χ1v) is 6.00. The topological polar surface area (TPSA) is 58.9 Å². The first kappa shape index (κ1) is 11.9. The summed E-state index contributed by atoms with van der Waals surface area (Å²) in [6.07, 6.45) is -0.0677. The van der Waals surface area contributed by atoms with Crippen molar-refractivity contribution in [2.45, 2.75) is 6.17 Å². The second kappa shape index (κ2) is 4.47. The summed E-state index contributed by atoms with van der Waals surface area (Å²) in [7, 11) is 1.81. The lowest BCUT2D eigenvalue weighted by Crippen LogP contribution is -2.44. The van der Waals surface area contributed by atoms with Gasteiger partial charge >= 0.3 is 0 Å². The Bertz CT molecular complexity index is 620. The van der Waals surface area contributed by atoms with Crippen LogP contribution in [0.4, 0.5) is 4.39 Å². The minimum absolute atomic E-state index is 0.0677. The molecule has 0 unspecified atom stereocenters. The maximum absolute atomic E-state index is 12.9. The van der Waals surface area contributed by atoms with E-state index in [0.717, 1.165) is 5.56 Å². The van der Waals surface area contributed by atoms with Crippen LogP contribution in [0.3, 0.4) is 0 Å². The van der Waals surface area contributed by atoms with Gasteiger partial charge in [0.2, 0.25) is 0 Å². The predicted molar refractivity (Wildman–Crippen MR) is 68.1 cm³/mol. The summed E-state index contributed by atoms with van der Waals surface area (Å²) in [5, 5.41) is 10.3. The van der Waals surface area contributed by atoms with Crippen molar-refractivity contribution >= 4 is 5.91 Å². The first-order chi connectivity index (χ1) is 9.19. The predicted octanol–water partition coefficient (Wildman–Crippen LogP) is 1.15. The number of nitrogens with zero attached hydrogens (tertiary/aromatic N) is 2. The minimum Gasteiger partial charge on any atom is -0.347 e. The van der Waals surface area contributed by atoms with E-state index in [2.05, 4.69) is 15.7 Å². The summed E-state index contributed by atoms with van der Waals surface area (Å²) >= 11 is 0. The van der Waals surface area contributed by atoms with Gasteiger partial charge in [-0.05, 0) is 37.4 Å². The highest BCUT2D eigenvalue weighted by atomic mass is 19.1. The van der Waals surface area contributed by atoms with Gasteiger partial charge in [0.25, 0.3) is 5.91 Å². The Hall–Kier alpha value is -2.21. The first-order valence-electron chi connectivity index (χ1n) is 6.00. The third-order valence-corrected chi connectivity index (χ3v) is 3.19. The number of amides is 1. The summed E-state index contributed by atoms with van der Waals surface area (Å²) in [5.41, 5.74) is 1.95. The molecular formula is C13H13FN4O. The molecule has 0 bridgehead atoms. The number of aromatic nitrogens is 2. The fourth-order valence-corrected chi connectivity index (χ4v) is 2.15. The van der Waals surface area contributed by atoms with Gasteiger partial charge in [0.15, 0.2) is 0 Å². The molecule has 1 aliphatic heterocycles. The summed E-state index contributed by atoms with van der Waals surface area (Å²) in [4.78, 5) is 11.8. The third-order valence-electron chi connectivity index (χ3n) is 3.19. The lowest BCUT2D eigenvalue weighted by atomic mass is 10.1. The Morgan fingerprint density at radius 2 is 2.16 bits per heavy atom. The van der Waals surface area contributed by atoms with E-state index < -0.39 is 0 Å². The third kappa shape index (κ3) is 2.00.